The van der Waals surface area contributed by atoms with Crippen molar-refractivity contribution in [1.82, 2.24) is 9.80 Å². The molecule has 202 valence electrons. The van der Waals surface area contributed by atoms with Crippen LogP contribution in [-0.4, -0.2) is 54.4 Å². The van der Waals surface area contributed by atoms with Crippen LogP contribution in [0.4, 0.5) is 0 Å². The van der Waals surface area contributed by atoms with Gasteiger partial charge in [-0.2, -0.15) is 0 Å². The minimum atomic E-state index is 0.197. The van der Waals surface area contributed by atoms with Crippen molar-refractivity contribution < 1.29 is 9.53 Å². The highest BCUT2D eigenvalue weighted by molar-refractivity contribution is 5.96. The summed E-state index contributed by atoms with van der Waals surface area (Å²) in [6.07, 6.45) is 7.52. The molecule has 2 heterocycles. The summed E-state index contributed by atoms with van der Waals surface area (Å²) in [5.74, 6) is 7.53. The molecule has 0 N–H and O–H groups in total. The lowest BCUT2D eigenvalue weighted by molar-refractivity contribution is 0.0950. The molecule has 0 aromatic heterocycles. The second-order valence-corrected chi connectivity index (χ2v) is 10.9. The molecule has 0 aliphatic carbocycles. The highest BCUT2D eigenvalue weighted by atomic mass is 16.5. The molecule has 0 atom stereocenters. The van der Waals surface area contributed by atoms with Crippen molar-refractivity contribution >= 4 is 5.78 Å². The molecule has 0 saturated carbocycles. The van der Waals surface area contributed by atoms with Crippen molar-refractivity contribution in [3.05, 3.63) is 101 Å². The molecule has 3 aromatic rings. The van der Waals surface area contributed by atoms with Crippen LogP contribution in [0.15, 0.2) is 78.9 Å². The monoisotopic (exact) mass is 520 g/mol. The number of piperidine rings is 1. The van der Waals surface area contributed by atoms with E-state index in [-0.39, 0.29) is 11.9 Å². The highest BCUT2D eigenvalue weighted by Crippen LogP contribution is 2.22. The zero-order valence-electron chi connectivity index (χ0n) is 23.0. The van der Waals surface area contributed by atoms with Gasteiger partial charge in [0.15, 0.2) is 5.78 Å². The van der Waals surface area contributed by atoms with Gasteiger partial charge in [-0.3, -0.25) is 9.69 Å². The maximum Gasteiger partial charge on any atom is 0.163 e. The van der Waals surface area contributed by atoms with Crippen LogP contribution < -0.4 is 4.74 Å². The van der Waals surface area contributed by atoms with Gasteiger partial charge in [-0.25, -0.2) is 0 Å². The second kappa shape index (κ2) is 14.1. The Morgan fingerprint density at radius 3 is 2.23 bits per heavy atom. The van der Waals surface area contributed by atoms with E-state index in [9.17, 15) is 4.79 Å². The van der Waals surface area contributed by atoms with E-state index in [0.717, 1.165) is 74.3 Å². The van der Waals surface area contributed by atoms with Crippen LogP contribution in [-0.2, 0) is 6.54 Å². The number of ether oxygens (including phenoxy) is 1. The van der Waals surface area contributed by atoms with Gasteiger partial charge in [-0.15, -0.1) is 0 Å². The van der Waals surface area contributed by atoms with Crippen LogP contribution in [0.1, 0.15) is 72.0 Å². The van der Waals surface area contributed by atoms with E-state index in [1.165, 1.54) is 31.5 Å². The normalized spacial score (nSPS) is 16.5. The van der Waals surface area contributed by atoms with Crippen molar-refractivity contribution in [2.24, 2.45) is 0 Å². The standard InChI is InChI=1S/C35H40N2O2/c38-35(13-4-5-22-36-23-6-7-24-36)32-11-8-12-34(27-32)39-33-20-25-37(26-21-33)28-31-18-16-30(17-19-31)15-14-29-9-2-1-3-10-29/h1-3,8-12,16-19,27,33H,4-7,13,20-26,28H2. The first-order valence-electron chi connectivity index (χ1n) is 14.6. The smallest absolute Gasteiger partial charge is 0.163 e. The molecule has 3 aromatic carbocycles. The fraction of sp³-hybridized carbons (Fsp3) is 0.400. The molecule has 2 aliphatic heterocycles. The van der Waals surface area contributed by atoms with E-state index in [2.05, 4.69) is 45.9 Å². The molecule has 2 fully saturated rings. The molecule has 4 nitrogen and oxygen atoms in total. The number of rotatable bonds is 10. The molecule has 5 rings (SSSR count). The molecule has 39 heavy (non-hydrogen) atoms. The van der Waals surface area contributed by atoms with Crippen LogP contribution in [0.25, 0.3) is 0 Å². The molecule has 0 unspecified atom stereocenters. The summed E-state index contributed by atoms with van der Waals surface area (Å²) in [5, 5.41) is 0. The van der Waals surface area contributed by atoms with Gasteiger partial charge in [0.05, 0.1) is 0 Å². The Hall–Kier alpha value is -3.39. The largest absolute Gasteiger partial charge is 0.490 e. The molecular formula is C35H40N2O2. The number of likely N-dealkylation sites (tertiary alicyclic amines) is 2. The fourth-order valence-electron chi connectivity index (χ4n) is 5.51. The number of benzene rings is 3. The van der Waals surface area contributed by atoms with Gasteiger partial charge >= 0.3 is 0 Å². The summed E-state index contributed by atoms with van der Waals surface area (Å²) in [5.41, 5.74) is 4.17. The minimum absolute atomic E-state index is 0.197. The Morgan fingerprint density at radius 1 is 0.769 bits per heavy atom. The summed E-state index contributed by atoms with van der Waals surface area (Å²) < 4.78 is 6.32. The zero-order valence-corrected chi connectivity index (χ0v) is 23.0. The molecule has 2 saturated heterocycles. The molecule has 0 amide bonds. The summed E-state index contributed by atoms with van der Waals surface area (Å²) in [4.78, 5) is 17.8. The number of ketones is 1. The van der Waals surface area contributed by atoms with E-state index in [1.54, 1.807) is 0 Å². The topological polar surface area (TPSA) is 32.8 Å². The van der Waals surface area contributed by atoms with Crippen LogP contribution in [0.3, 0.4) is 0 Å². The molecular weight excluding hydrogens is 480 g/mol. The molecule has 0 bridgehead atoms. The van der Waals surface area contributed by atoms with Crippen molar-refractivity contribution in [1.29, 1.82) is 0 Å². The number of carbonyl (C=O) groups excluding carboxylic acids is 1. The fourth-order valence-corrected chi connectivity index (χ4v) is 5.51. The number of hydrogen-bond donors (Lipinski definition) is 0. The summed E-state index contributed by atoms with van der Waals surface area (Å²) in [6, 6.07) is 26.5. The molecule has 4 heteroatoms. The Balaban J connectivity index is 1.03. The molecule has 0 spiro atoms. The SMILES string of the molecule is O=C(CCCCN1CCCC1)c1cccc(OC2CCN(Cc3ccc(C#Cc4ccccc4)cc3)CC2)c1. The Labute approximate surface area is 234 Å². The zero-order chi connectivity index (χ0) is 26.7. The van der Waals surface area contributed by atoms with Crippen LogP contribution in [0.2, 0.25) is 0 Å². The van der Waals surface area contributed by atoms with Crippen LogP contribution >= 0.6 is 0 Å². The maximum absolute atomic E-state index is 12.7. The van der Waals surface area contributed by atoms with Crippen molar-refractivity contribution in [3.8, 4) is 17.6 Å². The first kappa shape index (κ1) is 27.2. The third-order valence-electron chi connectivity index (χ3n) is 7.81. The molecule has 2 aliphatic rings. The highest BCUT2D eigenvalue weighted by Gasteiger charge is 2.21. The second-order valence-electron chi connectivity index (χ2n) is 10.9. The van der Waals surface area contributed by atoms with Gasteiger partial charge < -0.3 is 9.64 Å². The number of hydrogen-bond acceptors (Lipinski definition) is 4. The van der Waals surface area contributed by atoms with E-state index in [1.807, 2.05) is 54.6 Å². The average molecular weight is 521 g/mol. The van der Waals surface area contributed by atoms with Gasteiger partial charge in [-0.1, -0.05) is 54.3 Å². The third kappa shape index (κ3) is 8.55. The number of nitrogens with zero attached hydrogens (tertiary/aromatic N) is 2. The number of carbonyl (C=O) groups is 1. The summed E-state index contributed by atoms with van der Waals surface area (Å²) >= 11 is 0. The van der Waals surface area contributed by atoms with E-state index in [4.69, 9.17) is 4.74 Å². The van der Waals surface area contributed by atoms with Gasteiger partial charge in [0.2, 0.25) is 0 Å². The van der Waals surface area contributed by atoms with E-state index >= 15 is 0 Å². The molecule has 0 radical (unpaired) electrons. The lowest BCUT2D eigenvalue weighted by atomic mass is 10.0. The lowest BCUT2D eigenvalue weighted by Crippen LogP contribution is -2.37. The Kier molecular flexibility index (Phi) is 9.85. The van der Waals surface area contributed by atoms with Crippen molar-refractivity contribution in [2.45, 2.75) is 57.6 Å². The van der Waals surface area contributed by atoms with Gasteiger partial charge in [0.25, 0.3) is 0 Å². The number of Topliss-reactive ketones (excluding diaryl/α,β-unsaturated/α-hetero) is 1. The maximum atomic E-state index is 12.7. The lowest BCUT2D eigenvalue weighted by Gasteiger charge is -2.32. The van der Waals surface area contributed by atoms with Gasteiger partial charge in [0, 0.05) is 42.7 Å². The van der Waals surface area contributed by atoms with E-state index in [0.29, 0.717) is 6.42 Å². The predicted octanol–water partition coefficient (Wildman–Crippen LogP) is 6.58. The first-order chi connectivity index (χ1) is 19.2. The van der Waals surface area contributed by atoms with Crippen LogP contribution in [0.5, 0.6) is 5.75 Å². The van der Waals surface area contributed by atoms with E-state index < -0.39 is 0 Å². The van der Waals surface area contributed by atoms with Gasteiger partial charge in [0.1, 0.15) is 11.9 Å². The van der Waals surface area contributed by atoms with Crippen LogP contribution in [0, 0.1) is 11.8 Å². The minimum Gasteiger partial charge on any atom is -0.490 e. The van der Waals surface area contributed by atoms with Gasteiger partial charge in [-0.05, 0) is 100 Å². The summed E-state index contributed by atoms with van der Waals surface area (Å²) in [7, 11) is 0. The predicted molar refractivity (Wildman–Crippen MR) is 158 cm³/mol. The summed E-state index contributed by atoms with van der Waals surface area (Å²) in [6.45, 7) is 6.55. The quantitative estimate of drug-likeness (QED) is 0.172. The Morgan fingerprint density at radius 2 is 1.49 bits per heavy atom. The van der Waals surface area contributed by atoms with Crippen molar-refractivity contribution in [3.63, 3.8) is 0 Å². The first-order valence-corrected chi connectivity index (χ1v) is 14.6. The average Bonchev–Trinajstić information content (AvgIpc) is 3.50. The van der Waals surface area contributed by atoms with Crippen molar-refractivity contribution in [2.75, 3.05) is 32.7 Å². The Bertz CT molecular complexity index is 1250. The third-order valence-corrected chi connectivity index (χ3v) is 7.81. The number of unbranched alkanes of at least 4 members (excludes halogenated alkanes) is 1.